The molecule has 0 atom stereocenters. The van der Waals surface area contributed by atoms with E-state index in [0.29, 0.717) is 26.1 Å². The van der Waals surface area contributed by atoms with Crippen LogP contribution < -0.4 is 0 Å². The van der Waals surface area contributed by atoms with E-state index in [9.17, 15) is 4.79 Å². The number of rotatable bonds is 5. The molecule has 0 N–H and O–H groups in total. The van der Waals surface area contributed by atoms with E-state index in [1.807, 2.05) is 18.3 Å². The first-order chi connectivity index (χ1) is 8.28. The first kappa shape index (κ1) is 12.2. The van der Waals surface area contributed by atoms with E-state index in [-0.39, 0.29) is 12.1 Å². The van der Waals surface area contributed by atoms with Gasteiger partial charge >= 0.3 is 0 Å². The molecule has 0 aliphatic carbocycles. The van der Waals surface area contributed by atoms with Crippen molar-refractivity contribution in [2.75, 3.05) is 13.2 Å². The average Bonchev–Trinajstić information content (AvgIpc) is 2.82. The zero-order valence-corrected chi connectivity index (χ0v) is 10.0. The van der Waals surface area contributed by atoms with Crippen molar-refractivity contribution in [1.29, 1.82) is 0 Å². The van der Waals surface area contributed by atoms with Crippen LogP contribution in [0.3, 0.4) is 0 Å². The predicted octanol–water partition coefficient (Wildman–Crippen LogP) is 1.52. The molecular weight excluding hydrogens is 218 g/mol. The van der Waals surface area contributed by atoms with Crippen LogP contribution in [-0.2, 0) is 27.1 Å². The summed E-state index contributed by atoms with van der Waals surface area (Å²) >= 11 is 0. The minimum absolute atomic E-state index is 0.105. The molecule has 1 aromatic heterocycles. The predicted molar refractivity (Wildman–Crippen MR) is 62.6 cm³/mol. The lowest BCUT2D eigenvalue weighted by Crippen LogP contribution is -2.16. The molecule has 4 nitrogen and oxygen atoms in total. The Balaban J connectivity index is 1.84. The molecule has 0 bridgehead atoms. The lowest BCUT2D eigenvalue weighted by Gasteiger charge is -2.07. The van der Waals surface area contributed by atoms with Crippen LogP contribution in [0.1, 0.15) is 24.6 Å². The molecule has 0 saturated carbocycles. The molecule has 17 heavy (non-hydrogen) atoms. The standard InChI is InChI=1S/C13H17NO3/c1-2-10-3-4-11(14-9-10)7-12(15)8-13-16-5-6-17-13/h3-4,9,13H,2,5-8H2,1H3. The van der Waals surface area contributed by atoms with Crippen LogP contribution in [0.15, 0.2) is 18.3 Å². The number of ether oxygens (including phenoxy) is 2. The summed E-state index contributed by atoms with van der Waals surface area (Å²) in [6.45, 7) is 3.25. The van der Waals surface area contributed by atoms with Crippen LogP contribution in [-0.4, -0.2) is 30.3 Å². The summed E-state index contributed by atoms with van der Waals surface area (Å²) in [6.07, 6.45) is 3.11. The Kier molecular flexibility index (Phi) is 4.23. The zero-order valence-electron chi connectivity index (χ0n) is 10.0. The fourth-order valence-corrected chi connectivity index (χ4v) is 1.75. The highest BCUT2D eigenvalue weighted by Gasteiger charge is 2.19. The van der Waals surface area contributed by atoms with Gasteiger partial charge in [0.15, 0.2) is 6.29 Å². The van der Waals surface area contributed by atoms with E-state index >= 15 is 0 Å². The van der Waals surface area contributed by atoms with Crippen LogP contribution in [0.5, 0.6) is 0 Å². The van der Waals surface area contributed by atoms with Crippen molar-refractivity contribution in [3.8, 4) is 0 Å². The molecule has 1 aliphatic rings. The fraction of sp³-hybridized carbons (Fsp3) is 0.538. The lowest BCUT2D eigenvalue weighted by molar-refractivity contribution is -0.126. The van der Waals surface area contributed by atoms with Gasteiger partial charge in [0.2, 0.25) is 0 Å². The summed E-state index contributed by atoms with van der Waals surface area (Å²) in [7, 11) is 0. The summed E-state index contributed by atoms with van der Waals surface area (Å²) in [5, 5.41) is 0. The fourth-order valence-electron chi connectivity index (χ4n) is 1.75. The van der Waals surface area contributed by atoms with Gasteiger partial charge in [0.1, 0.15) is 5.78 Å². The molecule has 92 valence electrons. The maximum absolute atomic E-state index is 11.7. The number of carbonyl (C=O) groups is 1. The Labute approximate surface area is 101 Å². The third-order valence-electron chi connectivity index (χ3n) is 2.76. The second-order valence-electron chi connectivity index (χ2n) is 4.10. The Hall–Kier alpha value is -1.26. The summed E-state index contributed by atoms with van der Waals surface area (Å²) in [5.74, 6) is 0.105. The summed E-state index contributed by atoms with van der Waals surface area (Å²) in [5.41, 5.74) is 1.99. The van der Waals surface area contributed by atoms with E-state index in [2.05, 4.69) is 11.9 Å². The van der Waals surface area contributed by atoms with Crippen molar-refractivity contribution in [1.82, 2.24) is 4.98 Å². The Morgan fingerprint density at radius 3 is 2.76 bits per heavy atom. The first-order valence-corrected chi connectivity index (χ1v) is 5.96. The number of ketones is 1. The highest BCUT2D eigenvalue weighted by Crippen LogP contribution is 2.10. The Bertz CT molecular complexity index is 369. The molecule has 2 heterocycles. The molecule has 0 aromatic carbocycles. The van der Waals surface area contributed by atoms with E-state index in [0.717, 1.165) is 12.1 Å². The first-order valence-electron chi connectivity index (χ1n) is 5.96. The van der Waals surface area contributed by atoms with E-state index < -0.39 is 0 Å². The minimum Gasteiger partial charge on any atom is -0.350 e. The number of carbonyl (C=O) groups excluding carboxylic acids is 1. The van der Waals surface area contributed by atoms with Crippen molar-refractivity contribution in [2.45, 2.75) is 32.5 Å². The zero-order chi connectivity index (χ0) is 12.1. The largest absolute Gasteiger partial charge is 0.350 e. The minimum atomic E-state index is -0.350. The number of aromatic nitrogens is 1. The van der Waals surface area contributed by atoms with E-state index in [1.54, 1.807) is 0 Å². The van der Waals surface area contributed by atoms with Crippen molar-refractivity contribution < 1.29 is 14.3 Å². The summed E-state index contributed by atoms with van der Waals surface area (Å²) in [6, 6.07) is 3.92. The Morgan fingerprint density at radius 1 is 1.41 bits per heavy atom. The molecular formula is C13H17NO3. The van der Waals surface area contributed by atoms with Gasteiger partial charge in [-0.25, -0.2) is 0 Å². The van der Waals surface area contributed by atoms with Crippen molar-refractivity contribution in [3.05, 3.63) is 29.6 Å². The molecule has 1 fully saturated rings. The van der Waals surface area contributed by atoms with Gasteiger partial charge in [-0.05, 0) is 18.1 Å². The quantitative estimate of drug-likeness (QED) is 0.776. The number of aryl methyl sites for hydroxylation is 1. The number of nitrogens with zero attached hydrogens (tertiary/aromatic N) is 1. The summed E-state index contributed by atoms with van der Waals surface area (Å²) < 4.78 is 10.5. The molecule has 2 rings (SSSR count). The summed E-state index contributed by atoms with van der Waals surface area (Å²) in [4.78, 5) is 16.0. The lowest BCUT2D eigenvalue weighted by atomic mass is 10.1. The molecule has 0 unspecified atom stereocenters. The van der Waals surface area contributed by atoms with E-state index in [1.165, 1.54) is 5.56 Å². The highest BCUT2D eigenvalue weighted by molar-refractivity contribution is 5.80. The van der Waals surface area contributed by atoms with Crippen LogP contribution in [0.2, 0.25) is 0 Å². The third kappa shape index (κ3) is 3.61. The molecule has 0 amide bonds. The molecule has 0 spiro atoms. The van der Waals surface area contributed by atoms with Crippen LogP contribution in [0, 0.1) is 0 Å². The van der Waals surface area contributed by atoms with Gasteiger partial charge in [-0.3, -0.25) is 9.78 Å². The second-order valence-corrected chi connectivity index (χ2v) is 4.10. The third-order valence-corrected chi connectivity index (χ3v) is 2.76. The van der Waals surface area contributed by atoms with Gasteiger partial charge in [0.05, 0.1) is 19.6 Å². The van der Waals surface area contributed by atoms with Crippen molar-refractivity contribution >= 4 is 5.78 Å². The van der Waals surface area contributed by atoms with Gasteiger partial charge in [-0.15, -0.1) is 0 Å². The second kappa shape index (κ2) is 5.89. The smallest absolute Gasteiger partial charge is 0.164 e. The van der Waals surface area contributed by atoms with Gasteiger partial charge in [-0.2, -0.15) is 0 Å². The molecule has 1 saturated heterocycles. The molecule has 1 aliphatic heterocycles. The maximum Gasteiger partial charge on any atom is 0.164 e. The normalized spacial score (nSPS) is 16.3. The Morgan fingerprint density at radius 2 is 2.18 bits per heavy atom. The van der Waals surface area contributed by atoms with Crippen LogP contribution in [0.4, 0.5) is 0 Å². The van der Waals surface area contributed by atoms with Gasteiger partial charge in [0.25, 0.3) is 0 Å². The van der Waals surface area contributed by atoms with Crippen molar-refractivity contribution in [3.63, 3.8) is 0 Å². The number of hydrogen-bond donors (Lipinski definition) is 0. The molecule has 4 heteroatoms. The monoisotopic (exact) mass is 235 g/mol. The number of pyridine rings is 1. The molecule has 0 radical (unpaired) electrons. The van der Waals surface area contributed by atoms with Gasteiger partial charge in [-0.1, -0.05) is 13.0 Å². The topological polar surface area (TPSA) is 48.4 Å². The van der Waals surface area contributed by atoms with Crippen LogP contribution >= 0.6 is 0 Å². The van der Waals surface area contributed by atoms with Gasteiger partial charge in [0, 0.05) is 18.3 Å². The van der Waals surface area contributed by atoms with E-state index in [4.69, 9.17) is 9.47 Å². The molecule has 1 aromatic rings. The number of hydrogen-bond acceptors (Lipinski definition) is 4. The van der Waals surface area contributed by atoms with Crippen LogP contribution in [0.25, 0.3) is 0 Å². The maximum atomic E-state index is 11.7. The highest BCUT2D eigenvalue weighted by atomic mass is 16.7. The number of Topliss-reactive ketones (excluding diaryl/α,β-unsaturated/α-hetero) is 1. The average molecular weight is 235 g/mol. The SMILES string of the molecule is CCc1ccc(CC(=O)CC2OCCO2)nc1. The van der Waals surface area contributed by atoms with Gasteiger partial charge < -0.3 is 9.47 Å². The van der Waals surface area contributed by atoms with Crippen molar-refractivity contribution in [2.24, 2.45) is 0 Å².